The highest BCUT2D eigenvalue weighted by molar-refractivity contribution is 5.36. The van der Waals surface area contributed by atoms with Crippen molar-refractivity contribution in [2.45, 2.75) is 38.3 Å². The molecule has 2 unspecified atom stereocenters. The molecule has 0 amide bonds. The summed E-state index contributed by atoms with van der Waals surface area (Å²) in [5.41, 5.74) is 2.40. The Morgan fingerprint density at radius 2 is 2.05 bits per heavy atom. The molecule has 1 aromatic heterocycles. The average molecular weight is 268 g/mol. The van der Waals surface area contributed by atoms with Crippen molar-refractivity contribution in [1.82, 2.24) is 15.0 Å². The molecule has 0 radical (unpaired) electrons. The second kappa shape index (κ2) is 6.48. The summed E-state index contributed by atoms with van der Waals surface area (Å²) in [4.78, 5) is 12.4. The summed E-state index contributed by atoms with van der Waals surface area (Å²) in [7, 11) is 1.72. The van der Waals surface area contributed by atoms with Crippen LogP contribution in [0.2, 0.25) is 0 Å². The average Bonchev–Trinajstić information content (AvgIpc) is 2.86. The predicted octanol–water partition coefficient (Wildman–Crippen LogP) is 0.535. The fourth-order valence-corrected chi connectivity index (χ4v) is 2.22. The molecule has 1 saturated carbocycles. The molecular formula is C11H20N6O2. The highest BCUT2D eigenvalue weighted by Crippen LogP contribution is 2.24. The van der Waals surface area contributed by atoms with Gasteiger partial charge < -0.3 is 14.8 Å². The fourth-order valence-electron chi connectivity index (χ4n) is 2.22. The van der Waals surface area contributed by atoms with Gasteiger partial charge in [0.1, 0.15) is 0 Å². The first-order valence-electron chi connectivity index (χ1n) is 6.41. The van der Waals surface area contributed by atoms with Crippen LogP contribution in [0.1, 0.15) is 26.2 Å². The van der Waals surface area contributed by atoms with Crippen LogP contribution in [-0.2, 0) is 4.74 Å². The minimum Gasteiger partial charge on any atom is -0.464 e. The van der Waals surface area contributed by atoms with Crippen LogP contribution >= 0.6 is 0 Å². The summed E-state index contributed by atoms with van der Waals surface area (Å²) < 4.78 is 10.7. The third-order valence-electron chi connectivity index (χ3n) is 3.09. The first-order valence-corrected chi connectivity index (χ1v) is 6.41. The van der Waals surface area contributed by atoms with Gasteiger partial charge in [0, 0.05) is 7.11 Å². The van der Waals surface area contributed by atoms with E-state index in [1.54, 1.807) is 7.11 Å². The van der Waals surface area contributed by atoms with E-state index in [0.29, 0.717) is 12.6 Å². The third kappa shape index (κ3) is 3.42. The number of hydrogen-bond acceptors (Lipinski definition) is 8. The fraction of sp³-hybridized carbons (Fsp3) is 0.727. The minimum absolute atomic E-state index is 0.182. The Kier molecular flexibility index (Phi) is 4.69. The van der Waals surface area contributed by atoms with Crippen LogP contribution in [0.3, 0.4) is 0 Å². The van der Waals surface area contributed by atoms with Gasteiger partial charge in [-0.2, -0.15) is 15.0 Å². The molecule has 2 rings (SSSR count). The largest absolute Gasteiger partial charge is 0.464 e. The molecule has 8 heteroatoms. The van der Waals surface area contributed by atoms with Crippen molar-refractivity contribution in [3.8, 4) is 6.01 Å². The van der Waals surface area contributed by atoms with Crippen molar-refractivity contribution in [2.75, 3.05) is 24.5 Å². The summed E-state index contributed by atoms with van der Waals surface area (Å²) >= 11 is 0. The molecule has 0 bridgehead atoms. The number of nitrogens with zero attached hydrogens (tertiary/aromatic N) is 3. The van der Waals surface area contributed by atoms with E-state index < -0.39 is 0 Å². The summed E-state index contributed by atoms with van der Waals surface area (Å²) in [6.07, 6.45) is 3.38. The molecule has 1 heterocycles. The van der Waals surface area contributed by atoms with Crippen molar-refractivity contribution in [3.05, 3.63) is 0 Å². The van der Waals surface area contributed by atoms with Crippen molar-refractivity contribution >= 4 is 11.9 Å². The van der Waals surface area contributed by atoms with E-state index in [1.807, 2.05) is 6.92 Å². The Morgan fingerprint density at radius 3 is 2.74 bits per heavy atom. The molecule has 19 heavy (non-hydrogen) atoms. The number of hydrogen-bond donors (Lipinski definition) is 3. The Hall–Kier alpha value is -1.67. The zero-order valence-electron chi connectivity index (χ0n) is 11.2. The number of rotatable bonds is 6. The third-order valence-corrected chi connectivity index (χ3v) is 3.09. The standard InChI is InChI=1S/C11H20N6O2/c1-3-19-11-15-9(14-10(16-11)17-12)13-7-5-4-6-8(7)18-2/h7-8H,3-6,12H2,1-2H3,(H2,13,14,15,16,17). The molecule has 1 fully saturated rings. The molecule has 0 spiro atoms. The molecule has 1 aromatic rings. The molecule has 0 aromatic carbocycles. The number of nitrogens with one attached hydrogen (secondary N) is 2. The number of methoxy groups -OCH3 is 1. The van der Waals surface area contributed by atoms with Crippen molar-refractivity contribution in [1.29, 1.82) is 0 Å². The van der Waals surface area contributed by atoms with Gasteiger partial charge in [0.05, 0.1) is 18.8 Å². The first-order chi connectivity index (χ1) is 9.26. The van der Waals surface area contributed by atoms with E-state index in [4.69, 9.17) is 15.3 Å². The quantitative estimate of drug-likeness (QED) is 0.507. The van der Waals surface area contributed by atoms with Crippen LogP contribution in [-0.4, -0.2) is 40.8 Å². The van der Waals surface area contributed by atoms with E-state index in [2.05, 4.69) is 25.7 Å². The monoisotopic (exact) mass is 268 g/mol. The van der Waals surface area contributed by atoms with Crippen LogP contribution in [0.25, 0.3) is 0 Å². The second-order valence-corrected chi connectivity index (χ2v) is 4.30. The van der Waals surface area contributed by atoms with E-state index in [0.717, 1.165) is 19.3 Å². The van der Waals surface area contributed by atoms with Gasteiger partial charge >= 0.3 is 6.01 Å². The van der Waals surface area contributed by atoms with E-state index in [1.165, 1.54) is 0 Å². The maximum Gasteiger partial charge on any atom is 0.323 e. The normalized spacial score (nSPS) is 22.3. The maximum absolute atomic E-state index is 5.43. The van der Waals surface area contributed by atoms with Gasteiger partial charge in [0.25, 0.3) is 0 Å². The number of anilines is 2. The van der Waals surface area contributed by atoms with Gasteiger partial charge in [-0.25, -0.2) is 5.84 Å². The van der Waals surface area contributed by atoms with Gasteiger partial charge in [-0.1, -0.05) is 0 Å². The number of nitrogens with two attached hydrogens (primary N) is 1. The Labute approximate surface area is 112 Å². The van der Waals surface area contributed by atoms with Gasteiger partial charge in [-0.3, -0.25) is 5.43 Å². The van der Waals surface area contributed by atoms with Crippen LogP contribution in [0.5, 0.6) is 6.01 Å². The molecule has 1 aliphatic rings. The zero-order chi connectivity index (χ0) is 13.7. The first kappa shape index (κ1) is 13.8. The minimum atomic E-state index is 0.182. The lowest BCUT2D eigenvalue weighted by Crippen LogP contribution is -2.30. The number of ether oxygens (including phenoxy) is 2. The van der Waals surface area contributed by atoms with Gasteiger partial charge in [-0.15, -0.1) is 0 Å². The highest BCUT2D eigenvalue weighted by Gasteiger charge is 2.27. The van der Waals surface area contributed by atoms with Crippen molar-refractivity contribution < 1.29 is 9.47 Å². The van der Waals surface area contributed by atoms with Gasteiger partial charge in [-0.05, 0) is 26.2 Å². The molecule has 2 atom stereocenters. The molecule has 1 aliphatic carbocycles. The molecule has 0 aliphatic heterocycles. The topological polar surface area (TPSA) is 107 Å². The Bertz CT molecular complexity index is 416. The maximum atomic E-state index is 5.43. The molecule has 106 valence electrons. The molecule has 8 nitrogen and oxygen atoms in total. The number of nitrogen functional groups attached to an aromatic ring is 1. The van der Waals surface area contributed by atoms with E-state index in [-0.39, 0.29) is 24.1 Å². The number of aromatic nitrogens is 3. The van der Waals surface area contributed by atoms with E-state index >= 15 is 0 Å². The molecule has 4 N–H and O–H groups in total. The van der Waals surface area contributed by atoms with Gasteiger partial charge in [0.2, 0.25) is 11.9 Å². The summed E-state index contributed by atoms with van der Waals surface area (Å²) in [6, 6.07) is 0.451. The predicted molar refractivity (Wildman–Crippen MR) is 70.9 cm³/mol. The van der Waals surface area contributed by atoms with Crippen LogP contribution in [0, 0.1) is 0 Å². The lowest BCUT2D eigenvalue weighted by Gasteiger charge is -2.19. The summed E-state index contributed by atoms with van der Waals surface area (Å²) in [5.74, 6) is 6.05. The second-order valence-electron chi connectivity index (χ2n) is 4.30. The zero-order valence-corrected chi connectivity index (χ0v) is 11.2. The Balaban J connectivity index is 2.12. The van der Waals surface area contributed by atoms with Crippen LogP contribution in [0.15, 0.2) is 0 Å². The van der Waals surface area contributed by atoms with Gasteiger partial charge in [0.15, 0.2) is 0 Å². The van der Waals surface area contributed by atoms with Crippen molar-refractivity contribution in [3.63, 3.8) is 0 Å². The SMILES string of the molecule is CCOc1nc(NN)nc(NC2CCCC2OC)n1. The van der Waals surface area contributed by atoms with Crippen LogP contribution < -0.4 is 21.3 Å². The van der Waals surface area contributed by atoms with Crippen molar-refractivity contribution in [2.24, 2.45) is 5.84 Å². The Morgan fingerprint density at radius 1 is 1.26 bits per heavy atom. The smallest absolute Gasteiger partial charge is 0.323 e. The summed E-state index contributed by atoms with van der Waals surface area (Å²) in [5, 5.41) is 3.25. The molecular weight excluding hydrogens is 248 g/mol. The molecule has 0 saturated heterocycles. The summed E-state index contributed by atoms with van der Waals surface area (Å²) in [6.45, 7) is 2.35. The van der Waals surface area contributed by atoms with Crippen LogP contribution in [0.4, 0.5) is 11.9 Å². The lowest BCUT2D eigenvalue weighted by atomic mass is 10.2. The lowest BCUT2D eigenvalue weighted by molar-refractivity contribution is 0.101. The number of hydrazine groups is 1. The highest BCUT2D eigenvalue weighted by atomic mass is 16.5. The van der Waals surface area contributed by atoms with E-state index in [9.17, 15) is 0 Å².